The maximum absolute atomic E-state index is 12.4. The Bertz CT molecular complexity index is 616. The van der Waals surface area contributed by atoms with Crippen molar-refractivity contribution in [2.24, 2.45) is 0 Å². The van der Waals surface area contributed by atoms with Crippen LogP contribution in [-0.4, -0.2) is 4.21 Å². The molecule has 1 unspecified atom stereocenters. The zero-order chi connectivity index (χ0) is 14.6. The van der Waals surface area contributed by atoms with E-state index in [9.17, 15) is 17.4 Å². The Morgan fingerprint density at radius 1 is 0.900 bits per heavy atom. The topological polar surface area (TPSA) is 17.1 Å². The van der Waals surface area contributed by atoms with Gasteiger partial charge in [-0.15, -0.1) is 0 Å². The molecule has 2 aromatic rings. The molecule has 5 heteroatoms. The molecule has 0 bridgehead atoms. The molecule has 0 heterocycles. The van der Waals surface area contributed by atoms with Crippen LogP contribution in [0, 0.1) is 0 Å². The lowest BCUT2D eigenvalue weighted by Crippen LogP contribution is -2.03. The van der Waals surface area contributed by atoms with Crippen LogP contribution in [0.2, 0.25) is 0 Å². The van der Waals surface area contributed by atoms with Crippen molar-refractivity contribution < 1.29 is 17.4 Å². The van der Waals surface area contributed by atoms with E-state index in [1.54, 1.807) is 30.3 Å². The molecule has 1 atom stereocenters. The van der Waals surface area contributed by atoms with Crippen molar-refractivity contribution >= 4 is 16.9 Å². The number of hydrogen-bond acceptors (Lipinski definition) is 1. The monoisotopic (exact) mass is 296 g/mol. The van der Waals surface area contributed by atoms with E-state index in [-0.39, 0.29) is 0 Å². The highest BCUT2D eigenvalue weighted by Gasteiger charge is 2.29. The fourth-order valence-corrected chi connectivity index (χ4v) is 2.42. The number of hydrogen-bond donors (Lipinski definition) is 0. The van der Waals surface area contributed by atoms with Gasteiger partial charge in [-0.05, 0) is 35.9 Å². The van der Waals surface area contributed by atoms with E-state index < -0.39 is 22.5 Å². The predicted molar refractivity (Wildman–Crippen MR) is 73.3 cm³/mol. The lowest BCUT2D eigenvalue weighted by atomic mass is 10.1. The molecule has 0 N–H and O–H groups in total. The molecule has 20 heavy (non-hydrogen) atoms. The molecule has 104 valence electrons. The summed E-state index contributed by atoms with van der Waals surface area (Å²) in [5.74, 6) is 0. The zero-order valence-electron chi connectivity index (χ0n) is 10.3. The van der Waals surface area contributed by atoms with E-state index in [0.717, 1.165) is 12.1 Å². The second kappa shape index (κ2) is 6.05. The first-order valence-corrected chi connectivity index (χ1v) is 6.99. The molecule has 1 nitrogen and oxygen atoms in total. The average molecular weight is 296 g/mol. The molecule has 0 radical (unpaired) electrons. The molecular formula is C15H11F3OS. The number of rotatable bonds is 3. The Morgan fingerprint density at radius 3 is 2.05 bits per heavy atom. The lowest BCUT2D eigenvalue weighted by Gasteiger charge is -2.05. The van der Waals surface area contributed by atoms with E-state index in [1.807, 2.05) is 6.07 Å². The summed E-state index contributed by atoms with van der Waals surface area (Å²) >= 11 is 0. The minimum Gasteiger partial charge on any atom is -0.250 e. The predicted octanol–water partition coefficient (Wildman–Crippen LogP) is 4.48. The number of benzene rings is 2. The summed E-state index contributed by atoms with van der Waals surface area (Å²) in [6.07, 6.45) is -2.79. The Labute approximate surface area is 117 Å². The van der Waals surface area contributed by atoms with Crippen LogP contribution >= 0.6 is 0 Å². The first kappa shape index (κ1) is 14.5. The summed E-state index contributed by atoms with van der Waals surface area (Å²) in [5, 5.41) is 1.46. The van der Waals surface area contributed by atoms with Gasteiger partial charge in [-0.3, -0.25) is 0 Å². The minimum atomic E-state index is -4.34. The van der Waals surface area contributed by atoms with Crippen LogP contribution in [0.5, 0.6) is 0 Å². The highest BCUT2D eigenvalue weighted by atomic mass is 32.2. The van der Waals surface area contributed by atoms with E-state index in [1.165, 1.54) is 17.5 Å². The van der Waals surface area contributed by atoms with Crippen molar-refractivity contribution in [3.63, 3.8) is 0 Å². The van der Waals surface area contributed by atoms with Gasteiger partial charge in [0.1, 0.15) is 0 Å². The third-order valence-corrected chi connectivity index (χ3v) is 3.72. The van der Waals surface area contributed by atoms with E-state index in [0.29, 0.717) is 10.5 Å². The summed E-state index contributed by atoms with van der Waals surface area (Å²) in [4.78, 5) is 0.649. The van der Waals surface area contributed by atoms with E-state index in [4.69, 9.17) is 0 Å². The highest BCUT2D eigenvalue weighted by Crippen LogP contribution is 2.29. The van der Waals surface area contributed by atoms with Gasteiger partial charge >= 0.3 is 6.18 Å². The van der Waals surface area contributed by atoms with Gasteiger partial charge in [-0.1, -0.05) is 30.3 Å². The van der Waals surface area contributed by atoms with Gasteiger partial charge in [0, 0.05) is 10.3 Å². The number of alkyl halides is 3. The molecule has 0 aliphatic heterocycles. The Hall–Kier alpha value is -1.88. The third-order valence-electron chi connectivity index (χ3n) is 2.60. The van der Waals surface area contributed by atoms with Crippen molar-refractivity contribution in [3.05, 3.63) is 71.1 Å². The molecule has 0 amide bonds. The first-order chi connectivity index (χ1) is 9.47. The summed E-state index contributed by atoms with van der Waals surface area (Å²) in [7, 11) is -1.31. The van der Waals surface area contributed by atoms with Gasteiger partial charge in [0.15, 0.2) is 0 Å². The minimum absolute atomic E-state index is 0.572. The molecule has 0 saturated carbocycles. The van der Waals surface area contributed by atoms with Crippen LogP contribution in [-0.2, 0) is 17.0 Å². The molecule has 0 aliphatic carbocycles. The SMILES string of the molecule is O=S(C=Cc1ccc(C(F)(F)F)cc1)c1ccccc1. The van der Waals surface area contributed by atoms with Gasteiger partial charge in [0.05, 0.1) is 16.4 Å². The summed E-state index contributed by atoms with van der Waals surface area (Å²) < 4.78 is 49.1. The molecule has 0 aromatic heterocycles. The summed E-state index contributed by atoms with van der Waals surface area (Å²) in [6, 6.07) is 13.5. The van der Waals surface area contributed by atoms with Crippen LogP contribution < -0.4 is 0 Å². The summed E-state index contributed by atoms with van der Waals surface area (Å²) in [6.45, 7) is 0. The normalized spacial score (nSPS) is 13.6. The molecule has 2 aromatic carbocycles. The second-order valence-electron chi connectivity index (χ2n) is 4.03. The second-order valence-corrected chi connectivity index (χ2v) is 5.37. The standard InChI is InChI=1S/C15H11F3OS/c16-15(17,18)13-8-6-12(7-9-13)10-11-20(19)14-4-2-1-3-5-14/h1-11H. The van der Waals surface area contributed by atoms with Crippen LogP contribution in [0.3, 0.4) is 0 Å². The molecule has 0 saturated heterocycles. The van der Waals surface area contributed by atoms with Gasteiger partial charge in [0.25, 0.3) is 0 Å². The van der Waals surface area contributed by atoms with Gasteiger partial charge < -0.3 is 0 Å². The van der Waals surface area contributed by atoms with E-state index >= 15 is 0 Å². The first-order valence-electron chi connectivity index (χ1n) is 5.78. The Balaban J connectivity index is 2.11. The fourth-order valence-electron chi connectivity index (χ4n) is 1.56. The number of halogens is 3. The molecule has 0 aliphatic rings. The van der Waals surface area contributed by atoms with Crippen molar-refractivity contribution in [2.45, 2.75) is 11.1 Å². The van der Waals surface area contributed by atoms with Crippen molar-refractivity contribution in [2.75, 3.05) is 0 Å². The fraction of sp³-hybridized carbons (Fsp3) is 0.0667. The van der Waals surface area contributed by atoms with Crippen LogP contribution in [0.25, 0.3) is 6.08 Å². The maximum atomic E-state index is 12.4. The Morgan fingerprint density at radius 2 is 1.50 bits per heavy atom. The quantitative estimate of drug-likeness (QED) is 0.816. The third kappa shape index (κ3) is 3.81. The molecule has 0 spiro atoms. The lowest BCUT2D eigenvalue weighted by molar-refractivity contribution is -0.137. The highest BCUT2D eigenvalue weighted by molar-refractivity contribution is 7.88. The maximum Gasteiger partial charge on any atom is 0.416 e. The molecule has 2 rings (SSSR count). The van der Waals surface area contributed by atoms with E-state index in [2.05, 4.69) is 0 Å². The zero-order valence-corrected chi connectivity index (χ0v) is 11.1. The van der Waals surface area contributed by atoms with Crippen molar-refractivity contribution in [1.82, 2.24) is 0 Å². The Kier molecular flexibility index (Phi) is 4.39. The van der Waals surface area contributed by atoms with Crippen molar-refractivity contribution in [1.29, 1.82) is 0 Å². The smallest absolute Gasteiger partial charge is 0.250 e. The largest absolute Gasteiger partial charge is 0.416 e. The van der Waals surface area contributed by atoms with Crippen LogP contribution in [0.15, 0.2) is 64.9 Å². The van der Waals surface area contributed by atoms with Crippen LogP contribution in [0.1, 0.15) is 11.1 Å². The molecule has 0 fully saturated rings. The average Bonchev–Trinajstić information content (AvgIpc) is 2.45. The summed E-state index contributed by atoms with van der Waals surface area (Å²) in [5.41, 5.74) is -0.124. The van der Waals surface area contributed by atoms with Crippen molar-refractivity contribution in [3.8, 4) is 0 Å². The molecular weight excluding hydrogens is 285 g/mol. The van der Waals surface area contributed by atoms with Crippen LogP contribution in [0.4, 0.5) is 13.2 Å². The van der Waals surface area contributed by atoms with Gasteiger partial charge in [0.2, 0.25) is 0 Å². The van der Waals surface area contributed by atoms with Gasteiger partial charge in [-0.25, -0.2) is 4.21 Å². The van der Waals surface area contributed by atoms with Gasteiger partial charge in [-0.2, -0.15) is 13.2 Å².